The minimum absolute atomic E-state index is 0.602. The number of fused-ring (bicyclic) bond motifs is 1. The second kappa shape index (κ2) is 4.22. The Kier molecular flexibility index (Phi) is 2.97. The van der Waals surface area contributed by atoms with Gasteiger partial charge in [-0.15, -0.1) is 5.10 Å². The van der Waals surface area contributed by atoms with Crippen LogP contribution in [0.3, 0.4) is 0 Å². The van der Waals surface area contributed by atoms with Crippen molar-refractivity contribution in [2.45, 2.75) is 18.5 Å². The highest BCUT2D eigenvalue weighted by atomic mass is 79.9. The second-order valence-electron chi connectivity index (χ2n) is 2.66. The van der Waals surface area contributed by atoms with Crippen LogP contribution >= 0.6 is 27.7 Å². The summed E-state index contributed by atoms with van der Waals surface area (Å²) in [5, 5.41) is 11.0. The Morgan fingerprint density at radius 1 is 1.43 bits per heavy atom. The van der Waals surface area contributed by atoms with Crippen molar-refractivity contribution in [1.29, 1.82) is 0 Å². The number of hydrogen-bond donors (Lipinski definition) is 1. The van der Waals surface area contributed by atoms with Crippen LogP contribution in [0.4, 0.5) is 0 Å². The molecule has 74 valence electrons. The Hall–Kier alpha value is -0.690. The first-order valence-corrected chi connectivity index (χ1v) is 5.96. The zero-order chi connectivity index (χ0) is 9.97. The van der Waals surface area contributed by atoms with Crippen LogP contribution < -0.4 is 0 Å². The van der Waals surface area contributed by atoms with Crippen LogP contribution in [0.5, 0.6) is 0 Å². The normalized spacial score (nSPS) is 11.0. The largest absolute Gasteiger partial charge is 0.253 e. The number of hydrogen-bond acceptors (Lipinski definition) is 5. The van der Waals surface area contributed by atoms with E-state index in [0.29, 0.717) is 10.3 Å². The number of H-pyrrole nitrogens is 1. The molecule has 1 N–H and O–H groups in total. The molecule has 0 amide bonds. The average Bonchev–Trinajstić information content (AvgIpc) is 2.63. The highest BCUT2D eigenvalue weighted by Gasteiger charge is 2.08. The molecule has 0 aliphatic heterocycles. The predicted molar refractivity (Wildman–Crippen MR) is 58.2 cm³/mol. The number of nitrogens with zero attached hydrogens (tertiary/aromatic N) is 4. The van der Waals surface area contributed by atoms with E-state index in [0.717, 1.165) is 22.8 Å². The zero-order valence-corrected chi connectivity index (χ0v) is 9.89. The molecule has 0 bridgehead atoms. The summed E-state index contributed by atoms with van der Waals surface area (Å²) in [6.07, 6.45) is 1.10. The first-order chi connectivity index (χ1) is 6.81. The maximum atomic E-state index is 4.27. The molecule has 0 radical (unpaired) electrons. The Morgan fingerprint density at radius 3 is 3.07 bits per heavy atom. The highest BCUT2D eigenvalue weighted by molar-refractivity contribution is 9.10. The van der Waals surface area contributed by atoms with Crippen molar-refractivity contribution in [3.63, 3.8) is 0 Å². The fourth-order valence-corrected chi connectivity index (χ4v) is 2.20. The van der Waals surface area contributed by atoms with E-state index in [1.807, 2.05) is 0 Å². The molecule has 2 rings (SSSR count). The summed E-state index contributed by atoms with van der Waals surface area (Å²) in [5.41, 5.74) is 1.34. The quantitative estimate of drug-likeness (QED) is 0.527. The summed E-state index contributed by atoms with van der Waals surface area (Å²) in [7, 11) is 0. The third kappa shape index (κ3) is 1.88. The number of halogens is 1. The molecule has 2 heterocycles. The summed E-state index contributed by atoms with van der Waals surface area (Å²) < 4.78 is 0.714. The molecule has 0 fully saturated rings. The van der Waals surface area contributed by atoms with Gasteiger partial charge in [-0.3, -0.25) is 5.10 Å². The Morgan fingerprint density at radius 2 is 2.29 bits per heavy atom. The Bertz CT molecular complexity index is 443. The van der Waals surface area contributed by atoms with Crippen LogP contribution in [-0.2, 0) is 0 Å². The molecule has 0 saturated carbocycles. The molecule has 2 aromatic heterocycles. The fourth-order valence-electron chi connectivity index (χ4n) is 0.952. The lowest BCUT2D eigenvalue weighted by atomic mass is 10.6. The molecule has 7 heteroatoms. The van der Waals surface area contributed by atoms with Gasteiger partial charge in [0.2, 0.25) is 5.65 Å². The van der Waals surface area contributed by atoms with Crippen LogP contribution in [0.15, 0.2) is 9.76 Å². The average molecular weight is 274 g/mol. The van der Waals surface area contributed by atoms with Gasteiger partial charge < -0.3 is 0 Å². The van der Waals surface area contributed by atoms with Crippen molar-refractivity contribution in [2.75, 3.05) is 5.75 Å². The van der Waals surface area contributed by atoms with Gasteiger partial charge in [0.05, 0.1) is 0 Å². The van der Waals surface area contributed by atoms with Gasteiger partial charge in [0, 0.05) is 5.75 Å². The van der Waals surface area contributed by atoms with E-state index < -0.39 is 0 Å². The SMILES string of the molecule is CCCSc1nc(Br)c2[nH]nnc2n1. The van der Waals surface area contributed by atoms with Gasteiger partial charge in [0.25, 0.3) is 0 Å². The van der Waals surface area contributed by atoms with Crippen molar-refractivity contribution in [3.8, 4) is 0 Å². The molecule has 0 unspecified atom stereocenters. The molecular formula is C7H8BrN5S. The maximum Gasteiger partial charge on any atom is 0.206 e. The Labute approximate surface area is 93.2 Å². The molecule has 0 atom stereocenters. The van der Waals surface area contributed by atoms with Gasteiger partial charge in [-0.2, -0.15) is 4.98 Å². The van der Waals surface area contributed by atoms with Crippen molar-refractivity contribution < 1.29 is 0 Å². The van der Waals surface area contributed by atoms with Crippen LogP contribution in [0.25, 0.3) is 11.2 Å². The molecule has 5 nitrogen and oxygen atoms in total. The lowest BCUT2D eigenvalue weighted by molar-refractivity contribution is 0.944. The molecule has 2 aromatic rings. The standard InChI is InChI=1S/C7H8BrN5S/c1-2-3-14-7-9-5(8)4-6(10-7)12-13-11-4/h2-3H2,1H3,(H,9,10,11,12,13). The van der Waals surface area contributed by atoms with Crippen LogP contribution in [-0.4, -0.2) is 31.1 Å². The summed E-state index contributed by atoms with van der Waals surface area (Å²) in [6, 6.07) is 0. The van der Waals surface area contributed by atoms with Gasteiger partial charge in [-0.05, 0) is 22.4 Å². The first kappa shape index (κ1) is 9.85. The van der Waals surface area contributed by atoms with Crippen molar-refractivity contribution in [3.05, 3.63) is 4.60 Å². The molecule has 0 spiro atoms. The van der Waals surface area contributed by atoms with E-state index in [2.05, 4.69) is 48.2 Å². The van der Waals surface area contributed by atoms with E-state index in [4.69, 9.17) is 0 Å². The summed E-state index contributed by atoms with van der Waals surface area (Å²) >= 11 is 4.96. The van der Waals surface area contributed by atoms with Crippen LogP contribution in [0, 0.1) is 0 Å². The molecule has 0 aromatic carbocycles. The second-order valence-corrected chi connectivity index (χ2v) is 4.47. The topological polar surface area (TPSA) is 67.3 Å². The third-order valence-electron chi connectivity index (χ3n) is 1.57. The lowest BCUT2D eigenvalue weighted by Crippen LogP contribution is -1.90. The minimum atomic E-state index is 0.602. The van der Waals surface area contributed by atoms with Crippen molar-refractivity contribution in [1.82, 2.24) is 25.4 Å². The summed E-state index contributed by atoms with van der Waals surface area (Å²) in [4.78, 5) is 8.52. The van der Waals surface area contributed by atoms with Crippen LogP contribution in [0.1, 0.15) is 13.3 Å². The van der Waals surface area contributed by atoms with E-state index in [9.17, 15) is 0 Å². The van der Waals surface area contributed by atoms with Gasteiger partial charge in [0.15, 0.2) is 5.16 Å². The van der Waals surface area contributed by atoms with Gasteiger partial charge in [-0.1, -0.05) is 23.9 Å². The molecule has 0 saturated heterocycles. The number of thioether (sulfide) groups is 1. The predicted octanol–water partition coefficient (Wildman–Crippen LogP) is 2.01. The Balaban J connectivity index is 2.38. The number of aromatic amines is 1. The van der Waals surface area contributed by atoms with E-state index in [1.54, 1.807) is 11.8 Å². The summed E-state index contributed by atoms with van der Waals surface area (Å²) in [5.74, 6) is 1.01. The van der Waals surface area contributed by atoms with Crippen molar-refractivity contribution in [2.24, 2.45) is 0 Å². The van der Waals surface area contributed by atoms with Gasteiger partial charge >= 0.3 is 0 Å². The maximum absolute atomic E-state index is 4.27. The van der Waals surface area contributed by atoms with E-state index in [1.165, 1.54) is 0 Å². The van der Waals surface area contributed by atoms with E-state index >= 15 is 0 Å². The molecular weight excluding hydrogens is 266 g/mol. The minimum Gasteiger partial charge on any atom is -0.253 e. The smallest absolute Gasteiger partial charge is 0.206 e. The fraction of sp³-hybridized carbons (Fsp3) is 0.429. The van der Waals surface area contributed by atoms with Crippen molar-refractivity contribution >= 4 is 38.9 Å². The molecule has 0 aliphatic carbocycles. The van der Waals surface area contributed by atoms with Gasteiger partial charge in [-0.25, -0.2) is 4.98 Å². The number of aromatic nitrogens is 5. The monoisotopic (exact) mass is 273 g/mol. The van der Waals surface area contributed by atoms with E-state index in [-0.39, 0.29) is 0 Å². The number of nitrogens with one attached hydrogen (secondary N) is 1. The molecule has 14 heavy (non-hydrogen) atoms. The summed E-state index contributed by atoms with van der Waals surface area (Å²) in [6.45, 7) is 2.12. The number of rotatable bonds is 3. The highest BCUT2D eigenvalue weighted by Crippen LogP contribution is 2.21. The van der Waals surface area contributed by atoms with Crippen LogP contribution in [0.2, 0.25) is 0 Å². The first-order valence-electron chi connectivity index (χ1n) is 4.18. The zero-order valence-electron chi connectivity index (χ0n) is 7.49. The molecule has 0 aliphatic rings. The van der Waals surface area contributed by atoms with Gasteiger partial charge in [0.1, 0.15) is 10.1 Å². The lowest BCUT2D eigenvalue weighted by Gasteiger charge is -1.98. The third-order valence-corrected chi connectivity index (χ3v) is 3.19.